The van der Waals surface area contributed by atoms with Crippen molar-refractivity contribution in [2.24, 2.45) is 49.7 Å². The van der Waals surface area contributed by atoms with Crippen LogP contribution in [0.5, 0.6) is 0 Å². The molecule has 1 saturated heterocycles. The zero-order chi connectivity index (χ0) is 36.3. The first-order chi connectivity index (χ1) is 23.4. The average molecular weight is 699 g/mol. The molecule has 14 atom stereocenters. The van der Waals surface area contributed by atoms with E-state index in [2.05, 4.69) is 52.8 Å². The van der Waals surface area contributed by atoms with Crippen LogP contribution >= 0.6 is 0 Å². The summed E-state index contributed by atoms with van der Waals surface area (Å²) in [4.78, 5) is 37.4. The Hall–Kier alpha value is -2.11. The number of aldehydes is 1. The van der Waals surface area contributed by atoms with E-state index in [1.54, 1.807) is 0 Å². The number of aliphatic carboxylic acids is 2. The first-order valence-corrected chi connectivity index (χ1v) is 19.0. The van der Waals surface area contributed by atoms with Crippen LogP contribution in [0.4, 0.5) is 0 Å². The Morgan fingerprint density at radius 1 is 0.920 bits per heavy atom. The fourth-order valence-corrected chi connectivity index (χ4v) is 14.0. The number of aliphatic hydroxyl groups excluding tert-OH is 3. The first-order valence-electron chi connectivity index (χ1n) is 19.0. The zero-order valence-corrected chi connectivity index (χ0v) is 30.4. The maximum absolute atomic E-state index is 13.4. The number of hydrogen-bond acceptors (Lipinski definition) is 8. The van der Waals surface area contributed by atoms with Crippen LogP contribution in [0, 0.1) is 49.7 Å². The van der Waals surface area contributed by atoms with Gasteiger partial charge in [-0.25, -0.2) is 4.79 Å². The molecule has 0 aromatic rings. The normalized spacial score (nSPS) is 52.0. The number of hydrogen-bond donors (Lipinski definition) is 5. The Balaban J connectivity index is 1.25. The second-order valence-corrected chi connectivity index (χ2v) is 18.9. The van der Waals surface area contributed by atoms with E-state index in [4.69, 9.17) is 9.47 Å². The van der Waals surface area contributed by atoms with E-state index in [9.17, 15) is 39.9 Å². The third-order valence-electron chi connectivity index (χ3n) is 16.5. The lowest BCUT2D eigenvalue weighted by atomic mass is 9.30. The lowest BCUT2D eigenvalue weighted by Gasteiger charge is -2.74. The molecule has 0 radical (unpaired) electrons. The van der Waals surface area contributed by atoms with Gasteiger partial charge < -0.3 is 39.8 Å². The second kappa shape index (κ2) is 11.7. The smallest absolute Gasteiger partial charge is 0.335 e. The fraction of sp³-hybridized carbons (Fsp3) is 0.825. The largest absolute Gasteiger partial charge is 0.481 e. The molecule has 0 aromatic heterocycles. The maximum Gasteiger partial charge on any atom is 0.335 e. The number of fused-ring (bicyclic) bond motifs is 6. The maximum atomic E-state index is 13.4. The number of ether oxygens (including phenoxy) is 2. The summed E-state index contributed by atoms with van der Waals surface area (Å²) in [5.41, 5.74) is -1.02. The number of rotatable bonds is 7. The molecule has 1 spiro atoms. The number of carbonyl (C=O) groups excluding carboxylic acids is 1. The van der Waals surface area contributed by atoms with Crippen molar-refractivity contribution in [3.8, 4) is 0 Å². The Labute approximate surface area is 295 Å². The van der Waals surface area contributed by atoms with Crippen molar-refractivity contribution in [3.63, 3.8) is 0 Å². The molecular weight excluding hydrogens is 640 g/mol. The molecule has 50 heavy (non-hydrogen) atoms. The van der Waals surface area contributed by atoms with Crippen LogP contribution in [-0.4, -0.2) is 80.6 Å². The highest BCUT2D eigenvalue weighted by Gasteiger charge is 2.74. The van der Waals surface area contributed by atoms with Gasteiger partial charge in [-0.1, -0.05) is 58.4 Å². The van der Waals surface area contributed by atoms with E-state index >= 15 is 0 Å². The summed E-state index contributed by atoms with van der Waals surface area (Å²) in [5.74, 6) is -1.62. The van der Waals surface area contributed by atoms with Gasteiger partial charge in [0.15, 0.2) is 12.4 Å². The number of carbonyl (C=O) groups is 3. The van der Waals surface area contributed by atoms with Crippen LogP contribution in [0.15, 0.2) is 23.8 Å². The number of carboxylic acid groups (broad SMARTS) is 2. The van der Waals surface area contributed by atoms with Gasteiger partial charge in [0.25, 0.3) is 0 Å². The molecule has 4 saturated carbocycles. The molecule has 278 valence electrons. The van der Waals surface area contributed by atoms with E-state index in [0.717, 1.165) is 64.1 Å². The van der Waals surface area contributed by atoms with E-state index in [0.29, 0.717) is 25.7 Å². The van der Waals surface area contributed by atoms with Crippen LogP contribution < -0.4 is 0 Å². The van der Waals surface area contributed by atoms with E-state index in [1.807, 2.05) is 0 Å². The van der Waals surface area contributed by atoms with Crippen LogP contribution in [0.3, 0.4) is 0 Å². The van der Waals surface area contributed by atoms with Crippen molar-refractivity contribution in [3.05, 3.63) is 23.8 Å². The van der Waals surface area contributed by atoms with Gasteiger partial charge in [0.05, 0.1) is 11.5 Å². The summed E-state index contributed by atoms with van der Waals surface area (Å²) >= 11 is 0. The minimum absolute atomic E-state index is 0.0559. The Morgan fingerprint density at radius 3 is 2.32 bits per heavy atom. The molecule has 5 N–H and O–H groups in total. The molecule has 10 nitrogen and oxygen atoms in total. The lowest BCUT2D eigenvalue weighted by Crippen LogP contribution is -2.68. The molecule has 10 heteroatoms. The van der Waals surface area contributed by atoms with Gasteiger partial charge >= 0.3 is 11.9 Å². The van der Waals surface area contributed by atoms with Crippen LogP contribution in [0.2, 0.25) is 0 Å². The molecule has 5 fully saturated rings. The number of carboxylic acids is 2. The average Bonchev–Trinajstić information content (AvgIpc) is 3.04. The van der Waals surface area contributed by atoms with Crippen molar-refractivity contribution in [2.45, 2.75) is 155 Å². The molecule has 7 rings (SSSR count). The van der Waals surface area contributed by atoms with Crippen molar-refractivity contribution in [1.82, 2.24) is 0 Å². The molecule has 7 aliphatic rings. The number of aliphatic hydroxyl groups is 3. The molecular formula is C40H58O10. The quantitative estimate of drug-likeness (QED) is 0.131. The SMILES string of the molecule is CC1(C)[C@@H](O[C@@H]2O[C@H](C(=O)O)[C@@H](O)[C@H](O)[C@H]2O)CC[C@]2(C)[C@H]3CC=C4[C@@](CCC=O)(CC[C@@]5(C(=O)O)CC[C@]6(C)CC=C[C@]45C6)[C@]3(C)CC[C@@H]12. The minimum atomic E-state index is -1.77. The summed E-state index contributed by atoms with van der Waals surface area (Å²) in [6.07, 6.45) is 9.56. The highest BCUT2D eigenvalue weighted by molar-refractivity contribution is 5.79. The van der Waals surface area contributed by atoms with Crippen LogP contribution in [0.1, 0.15) is 118 Å². The van der Waals surface area contributed by atoms with Crippen molar-refractivity contribution in [1.29, 1.82) is 0 Å². The predicted molar refractivity (Wildman–Crippen MR) is 183 cm³/mol. The van der Waals surface area contributed by atoms with Gasteiger partial charge in [0.1, 0.15) is 24.6 Å². The second-order valence-electron chi connectivity index (χ2n) is 18.9. The standard InChI is InChI=1S/C40H58O10/c1-34(2)23-10-16-37(5)24(36(23,4)15-11-26(34)49-32-29(44)27(42)28(43)30(50-32)31(45)46)8-9-25-38(37,14-7-21-41)19-20-39(33(47)48)18-17-35(3)12-6-13-40(25,39)22-35/h6,9,13,21,23-24,26-30,32,42-44H,7-8,10-12,14-20,22H2,1-5H3,(H,45,46)(H,47,48)/t23-,24+,26-,27-,28-,29+,30-,32+,35-,36-,37+,38+,39+,40-/m0/s1. The third kappa shape index (κ3) is 4.59. The Kier molecular flexibility index (Phi) is 8.48. The summed E-state index contributed by atoms with van der Waals surface area (Å²) in [5, 5.41) is 52.1. The van der Waals surface area contributed by atoms with E-state index < -0.39 is 65.0 Å². The van der Waals surface area contributed by atoms with Crippen molar-refractivity contribution in [2.75, 3.05) is 0 Å². The summed E-state index contributed by atoms with van der Waals surface area (Å²) in [7, 11) is 0. The minimum Gasteiger partial charge on any atom is -0.481 e. The Morgan fingerprint density at radius 2 is 1.64 bits per heavy atom. The van der Waals surface area contributed by atoms with Gasteiger partial charge in [0.2, 0.25) is 0 Å². The molecule has 0 amide bonds. The Bertz CT molecular complexity index is 1490. The third-order valence-corrected chi connectivity index (χ3v) is 16.5. The van der Waals surface area contributed by atoms with E-state index in [-0.39, 0.29) is 33.5 Å². The number of allylic oxidation sites excluding steroid dienone is 4. The lowest BCUT2D eigenvalue weighted by molar-refractivity contribution is -0.324. The van der Waals surface area contributed by atoms with Gasteiger partial charge in [-0.05, 0) is 116 Å². The molecule has 6 aliphatic carbocycles. The first kappa shape index (κ1) is 36.3. The summed E-state index contributed by atoms with van der Waals surface area (Å²) < 4.78 is 12.0. The van der Waals surface area contributed by atoms with Gasteiger partial charge in [-0.3, -0.25) is 4.79 Å². The van der Waals surface area contributed by atoms with E-state index in [1.165, 1.54) is 5.57 Å². The summed E-state index contributed by atoms with van der Waals surface area (Å²) in [6, 6.07) is 0. The zero-order valence-electron chi connectivity index (χ0n) is 30.4. The highest BCUT2D eigenvalue weighted by Crippen LogP contribution is 2.80. The van der Waals surface area contributed by atoms with Gasteiger partial charge in [0, 0.05) is 11.8 Å². The highest BCUT2D eigenvalue weighted by atomic mass is 16.7. The molecule has 0 unspecified atom stereocenters. The summed E-state index contributed by atoms with van der Waals surface area (Å²) in [6.45, 7) is 11.6. The fourth-order valence-electron chi connectivity index (χ4n) is 14.0. The molecule has 1 heterocycles. The van der Waals surface area contributed by atoms with Gasteiger partial charge in [-0.2, -0.15) is 0 Å². The molecule has 0 aromatic carbocycles. The van der Waals surface area contributed by atoms with Crippen molar-refractivity contribution >= 4 is 18.2 Å². The van der Waals surface area contributed by atoms with Gasteiger partial charge in [-0.15, -0.1) is 0 Å². The van der Waals surface area contributed by atoms with Crippen molar-refractivity contribution < 1.29 is 49.4 Å². The topological polar surface area (TPSA) is 171 Å². The molecule has 2 bridgehead atoms. The van der Waals surface area contributed by atoms with Crippen LogP contribution in [0.25, 0.3) is 0 Å². The van der Waals surface area contributed by atoms with Crippen LogP contribution in [-0.2, 0) is 23.9 Å². The molecule has 1 aliphatic heterocycles. The monoisotopic (exact) mass is 698 g/mol. The predicted octanol–water partition coefficient (Wildman–Crippen LogP) is 5.42.